The molecule has 0 unspecified atom stereocenters. The molecule has 2 rings (SSSR count). The summed E-state index contributed by atoms with van der Waals surface area (Å²) < 4.78 is 0. The lowest BCUT2D eigenvalue weighted by Gasteiger charge is -1.99. The Kier molecular flexibility index (Phi) is 1.77. The number of rotatable bonds is 1. The van der Waals surface area contributed by atoms with Crippen LogP contribution in [0.15, 0.2) is 18.5 Å². The van der Waals surface area contributed by atoms with E-state index in [-0.39, 0.29) is 0 Å². The van der Waals surface area contributed by atoms with Gasteiger partial charge in [-0.15, -0.1) is 0 Å². The molecule has 0 aliphatic rings. The number of nitrogens with two attached hydrogens (primary N) is 1. The average molecular weight is 226 g/mol. The fourth-order valence-electron chi connectivity index (χ4n) is 1.22. The van der Waals surface area contributed by atoms with E-state index in [1.165, 1.54) is 0 Å². The van der Waals surface area contributed by atoms with Gasteiger partial charge in [-0.3, -0.25) is 0 Å². The topological polar surface area (TPSA) is 54.7 Å². The number of alkyl halides is 1. The van der Waals surface area contributed by atoms with Crippen molar-refractivity contribution >= 4 is 32.7 Å². The smallest absolute Gasteiger partial charge is 0.0944 e. The summed E-state index contributed by atoms with van der Waals surface area (Å²) >= 11 is 3.39. The van der Waals surface area contributed by atoms with Gasteiger partial charge in [0.15, 0.2) is 0 Å². The SMILES string of the molecule is Nc1ccc(CBr)c2nc[nH]c12. The summed E-state index contributed by atoms with van der Waals surface area (Å²) in [5.41, 5.74) is 9.51. The highest BCUT2D eigenvalue weighted by atomic mass is 79.9. The minimum absolute atomic E-state index is 0.743. The first-order chi connectivity index (χ1) is 5.83. The van der Waals surface area contributed by atoms with Crippen molar-refractivity contribution in [2.24, 2.45) is 0 Å². The molecule has 1 aromatic heterocycles. The molecule has 0 radical (unpaired) electrons. The Balaban J connectivity index is 2.82. The summed E-state index contributed by atoms with van der Waals surface area (Å²) in [4.78, 5) is 7.19. The van der Waals surface area contributed by atoms with Crippen LogP contribution in [0.4, 0.5) is 5.69 Å². The number of aromatic amines is 1. The Morgan fingerprint density at radius 3 is 3.08 bits per heavy atom. The molecule has 0 aliphatic heterocycles. The molecule has 1 aromatic carbocycles. The molecule has 3 N–H and O–H groups in total. The third-order valence-corrected chi connectivity index (χ3v) is 2.44. The summed E-state index contributed by atoms with van der Waals surface area (Å²) in [5.74, 6) is 0. The van der Waals surface area contributed by atoms with Crippen LogP contribution in [0.1, 0.15) is 5.56 Å². The Morgan fingerprint density at radius 2 is 2.33 bits per heavy atom. The highest BCUT2D eigenvalue weighted by Crippen LogP contribution is 2.22. The van der Waals surface area contributed by atoms with Crippen molar-refractivity contribution in [3.63, 3.8) is 0 Å². The van der Waals surface area contributed by atoms with Crippen LogP contribution < -0.4 is 5.73 Å². The lowest BCUT2D eigenvalue weighted by atomic mass is 10.2. The molecule has 3 nitrogen and oxygen atoms in total. The predicted octanol–water partition coefficient (Wildman–Crippen LogP) is 2.04. The molecule has 0 fully saturated rings. The van der Waals surface area contributed by atoms with Crippen molar-refractivity contribution in [2.75, 3.05) is 5.73 Å². The number of imidazole rings is 1. The van der Waals surface area contributed by atoms with Crippen LogP contribution in [0.25, 0.3) is 11.0 Å². The van der Waals surface area contributed by atoms with Crippen LogP contribution in [-0.2, 0) is 5.33 Å². The molecule has 0 atom stereocenters. The molecule has 0 saturated carbocycles. The molecule has 0 saturated heterocycles. The third kappa shape index (κ3) is 0.992. The molecule has 2 aromatic rings. The van der Waals surface area contributed by atoms with Crippen LogP contribution in [0, 0.1) is 0 Å². The first-order valence-corrected chi connectivity index (χ1v) is 4.71. The Morgan fingerprint density at radius 1 is 1.50 bits per heavy atom. The van der Waals surface area contributed by atoms with E-state index in [0.717, 1.165) is 27.6 Å². The molecule has 0 amide bonds. The normalized spacial score (nSPS) is 10.8. The highest BCUT2D eigenvalue weighted by molar-refractivity contribution is 9.08. The number of aromatic nitrogens is 2. The zero-order valence-corrected chi connectivity index (χ0v) is 7.93. The molecular formula is C8H8BrN3. The standard InChI is InChI=1S/C8H8BrN3/c9-3-5-1-2-6(10)8-7(5)11-4-12-8/h1-2,4H,3,10H2,(H,11,12). The quantitative estimate of drug-likeness (QED) is 0.577. The van der Waals surface area contributed by atoms with Gasteiger partial charge in [0.25, 0.3) is 0 Å². The maximum Gasteiger partial charge on any atom is 0.0944 e. The average Bonchev–Trinajstić information content (AvgIpc) is 2.54. The second-order valence-electron chi connectivity index (χ2n) is 2.57. The number of hydrogen-bond donors (Lipinski definition) is 2. The Hall–Kier alpha value is -1.03. The molecular weight excluding hydrogens is 218 g/mol. The van der Waals surface area contributed by atoms with Gasteiger partial charge >= 0.3 is 0 Å². The van der Waals surface area contributed by atoms with E-state index in [4.69, 9.17) is 5.73 Å². The minimum atomic E-state index is 0.743. The van der Waals surface area contributed by atoms with Crippen LogP contribution >= 0.6 is 15.9 Å². The van der Waals surface area contributed by atoms with Crippen molar-refractivity contribution < 1.29 is 0 Å². The zero-order valence-electron chi connectivity index (χ0n) is 6.34. The maximum absolute atomic E-state index is 5.74. The highest BCUT2D eigenvalue weighted by Gasteiger charge is 2.04. The van der Waals surface area contributed by atoms with Crippen LogP contribution in [0.2, 0.25) is 0 Å². The number of halogens is 1. The van der Waals surface area contributed by atoms with Crippen molar-refractivity contribution in [3.8, 4) is 0 Å². The number of nitrogen functional groups attached to an aromatic ring is 1. The van der Waals surface area contributed by atoms with E-state index in [1.807, 2.05) is 12.1 Å². The largest absolute Gasteiger partial charge is 0.397 e. The predicted molar refractivity (Wildman–Crippen MR) is 53.1 cm³/mol. The van der Waals surface area contributed by atoms with Gasteiger partial charge in [-0.05, 0) is 11.6 Å². The van der Waals surface area contributed by atoms with Gasteiger partial charge in [0.05, 0.1) is 23.0 Å². The summed E-state index contributed by atoms with van der Waals surface area (Å²) in [6, 6.07) is 3.87. The first-order valence-electron chi connectivity index (χ1n) is 3.59. The molecule has 62 valence electrons. The minimum Gasteiger partial charge on any atom is -0.397 e. The van der Waals surface area contributed by atoms with Gasteiger partial charge < -0.3 is 10.7 Å². The summed E-state index contributed by atoms with van der Waals surface area (Å²) in [6.45, 7) is 0. The molecule has 0 spiro atoms. The van der Waals surface area contributed by atoms with E-state index >= 15 is 0 Å². The number of benzene rings is 1. The number of nitrogens with zero attached hydrogens (tertiary/aromatic N) is 1. The van der Waals surface area contributed by atoms with E-state index in [2.05, 4.69) is 25.9 Å². The second kappa shape index (κ2) is 2.79. The summed E-state index contributed by atoms with van der Waals surface area (Å²) in [5, 5.41) is 0.800. The van der Waals surface area contributed by atoms with Gasteiger partial charge in [-0.2, -0.15) is 0 Å². The van der Waals surface area contributed by atoms with Gasteiger partial charge in [0, 0.05) is 5.33 Å². The van der Waals surface area contributed by atoms with E-state index < -0.39 is 0 Å². The van der Waals surface area contributed by atoms with Crippen molar-refractivity contribution in [3.05, 3.63) is 24.0 Å². The molecule has 0 bridgehead atoms. The monoisotopic (exact) mass is 225 g/mol. The van der Waals surface area contributed by atoms with E-state index in [0.29, 0.717) is 0 Å². The third-order valence-electron chi connectivity index (χ3n) is 1.84. The van der Waals surface area contributed by atoms with Crippen LogP contribution in [-0.4, -0.2) is 9.97 Å². The lowest BCUT2D eigenvalue weighted by molar-refractivity contribution is 1.33. The number of fused-ring (bicyclic) bond motifs is 1. The molecule has 4 heteroatoms. The van der Waals surface area contributed by atoms with Gasteiger partial charge in [-0.1, -0.05) is 22.0 Å². The second-order valence-corrected chi connectivity index (χ2v) is 3.13. The van der Waals surface area contributed by atoms with Gasteiger partial charge in [-0.25, -0.2) is 4.98 Å². The van der Waals surface area contributed by atoms with Crippen molar-refractivity contribution in [2.45, 2.75) is 5.33 Å². The van der Waals surface area contributed by atoms with Gasteiger partial charge in [0.1, 0.15) is 0 Å². The lowest BCUT2D eigenvalue weighted by Crippen LogP contribution is -1.88. The van der Waals surface area contributed by atoms with E-state index in [1.54, 1.807) is 6.33 Å². The first kappa shape index (κ1) is 7.61. The van der Waals surface area contributed by atoms with E-state index in [9.17, 15) is 0 Å². The van der Waals surface area contributed by atoms with Crippen LogP contribution in [0.5, 0.6) is 0 Å². The molecule has 12 heavy (non-hydrogen) atoms. The molecule has 0 aliphatic carbocycles. The van der Waals surface area contributed by atoms with Crippen molar-refractivity contribution in [1.82, 2.24) is 9.97 Å². The Labute approximate surface area is 78.1 Å². The fourth-order valence-corrected chi connectivity index (χ4v) is 1.67. The number of hydrogen-bond acceptors (Lipinski definition) is 2. The zero-order chi connectivity index (χ0) is 8.55. The maximum atomic E-state index is 5.74. The number of H-pyrrole nitrogens is 1. The van der Waals surface area contributed by atoms with Gasteiger partial charge in [0.2, 0.25) is 0 Å². The summed E-state index contributed by atoms with van der Waals surface area (Å²) in [7, 11) is 0. The Bertz CT molecular complexity index is 408. The number of nitrogens with one attached hydrogen (secondary N) is 1. The van der Waals surface area contributed by atoms with Crippen molar-refractivity contribution in [1.29, 1.82) is 0 Å². The molecule has 1 heterocycles. The number of anilines is 1. The van der Waals surface area contributed by atoms with Crippen LogP contribution in [0.3, 0.4) is 0 Å². The summed E-state index contributed by atoms with van der Waals surface area (Å²) in [6.07, 6.45) is 1.66. The fraction of sp³-hybridized carbons (Fsp3) is 0.125.